The second-order valence-electron chi connectivity index (χ2n) is 4.18. The van der Waals surface area contributed by atoms with E-state index in [0.717, 1.165) is 23.7 Å². The van der Waals surface area contributed by atoms with Crippen LogP contribution in [-0.2, 0) is 13.1 Å². The van der Waals surface area contributed by atoms with Gasteiger partial charge in [0, 0.05) is 24.9 Å². The zero-order valence-electron chi connectivity index (χ0n) is 10.5. The summed E-state index contributed by atoms with van der Waals surface area (Å²) >= 11 is 6.20. The third-order valence-corrected chi connectivity index (χ3v) is 3.34. The van der Waals surface area contributed by atoms with Crippen LogP contribution in [-0.4, -0.2) is 16.6 Å². The largest absolute Gasteiger partial charge is 0.454 e. The second kappa shape index (κ2) is 5.01. The maximum Gasteiger partial charge on any atom is 0.231 e. The second-order valence-corrected chi connectivity index (χ2v) is 4.58. The number of hydrogen-bond donors (Lipinski definition) is 1. The van der Waals surface area contributed by atoms with Crippen molar-refractivity contribution in [3.05, 3.63) is 35.1 Å². The van der Waals surface area contributed by atoms with Gasteiger partial charge in [0.2, 0.25) is 6.79 Å². The first kappa shape index (κ1) is 12.2. The van der Waals surface area contributed by atoms with Crippen molar-refractivity contribution in [2.75, 3.05) is 12.1 Å². The van der Waals surface area contributed by atoms with Gasteiger partial charge < -0.3 is 14.8 Å². The van der Waals surface area contributed by atoms with E-state index in [1.54, 1.807) is 12.3 Å². The summed E-state index contributed by atoms with van der Waals surface area (Å²) in [5, 5.41) is 8.14. The summed E-state index contributed by atoms with van der Waals surface area (Å²) in [6.07, 6.45) is 1.79. The molecule has 1 aliphatic rings. The van der Waals surface area contributed by atoms with Gasteiger partial charge in [-0.25, -0.2) is 0 Å². The van der Waals surface area contributed by atoms with Crippen molar-refractivity contribution < 1.29 is 9.47 Å². The van der Waals surface area contributed by atoms with Crippen LogP contribution in [0.2, 0.25) is 5.02 Å². The number of hydrogen-bond acceptors (Lipinski definition) is 4. The minimum absolute atomic E-state index is 0.248. The molecule has 0 aliphatic carbocycles. The van der Waals surface area contributed by atoms with E-state index in [1.807, 2.05) is 16.8 Å². The van der Waals surface area contributed by atoms with Crippen LogP contribution in [0.25, 0.3) is 0 Å². The van der Waals surface area contributed by atoms with Gasteiger partial charge in [0.05, 0.1) is 22.9 Å². The Bertz CT molecular complexity index is 598. The molecule has 1 aliphatic heterocycles. The molecule has 19 heavy (non-hydrogen) atoms. The molecule has 0 saturated carbocycles. The van der Waals surface area contributed by atoms with Gasteiger partial charge in [-0.1, -0.05) is 11.6 Å². The van der Waals surface area contributed by atoms with Gasteiger partial charge in [-0.15, -0.1) is 0 Å². The lowest BCUT2D eigenvalue weighted by Gasteiger charge is -2.10. The monoisotopic (exact) mass is 279 g/mol. The fourth-order valence-corrected chi connectivity index (χ4v) is 2.25. The molecule has 6 heteroatoms. The van der Waals surface area contributed by atoms with E-state index < -0.39 is 0 Å². The Morgan fingerprint density at radius 3 is 2.95 bits per heavy atom. The Morgan fingerprint density at radius 1 is 1.37 bits per heavy atom. The van der Waals surface area contributed by atoms with Crippen molar-refractivity contribution >= 4 is 17.3 Å². The summed E-state index contributed by atoms with van der Waals surface area (Å²) in [5.41, 5.74) is 1.94. The van der Waals surface area contributed by atoms with Crippen LogP contribution in [0.3, 0.4) is 0 Å². The fourth-order valence-electron chi connectivity index (χ4n) is 2.03. The summed E-state index contributed by atoms with van der Waals surface area (Å²) in [7, 11) is 0. The Balaban J connectivity index is 1.77. The van der Waals surface area contributed by atoms with E-state index in [-0.39, 0.29) is 6.79 Å². The highest BCUT2D eigenvalue weighted by Gasteiger charge is 2.16. The lowest BCUT2D eigenvalue weighted by molar-refractivity contribution is 0.174. The smallest absolute Gasteiger partial charge is 0.231 e. The number of halogens is 1. The van der Waals surface area contributed by atoms with Gasteiger partial charge in [-0.05, 0) is 13.0 Å². The third kappa shape index (κ3) is 2.33. The molecule has 100 valence electrons. The predicted molar refractivity (Wildman–Crippen MR) is 72.8 cm³/mol. The SMILES string of the molecule is CCn1nccc1CNc1cc2c(cc1Cl)OCO2. The van der Waals surface area contributed by atoms with Gasteiger partial charge in [-0.2, -0.15) is 5.10 Å². The fraction of sp³-hybridized carbons (Fsp3) is 0.308. The van der Waals surface area contributed by atoms with Gasteiger partial charge in [0.25, 0.3) is 0 Å². The Kier molecular flexibility index (Phi) is 3.21. The number of ether oxygens (including phenoxy) is 2. The topological polar surface area (TPSA) is 48.3 Å². The zero-order valence-corrected chi connectivity index (χ0v) is 11.3. The molecule has 2 heterocycles. The number of anilines is 1. The molecule has 0 radical (unpaired) electrons. The van der Waals surface area contributed by atoms with Crippen LogP contribution in [0.1, 0.15) is 12.6 Å². The quantitative estimate of drug-likeness (QED) is 0.935. The molecule has 1 N–H and O–H groups in total. The van der Waals surface area contributed by atoms with Crippen molar-refractivity contribution in [3.8, 4) is 11.5 Å². The number of rotatable bonds is 4. The molecule has 0 spiro atoms. The third-order valence-electron chi connectivity index (χ3n) is 3.03. The summed E-state index contributed by atoms with van der Waals surface area (Å²) in [6, 6.07) is 5.61. The number of fused-ring (bicyclic) bond motifs is 1. The van der Waals surface area contributed by atoms with Crippen molar-refractivity contribution in [1.82, 2.24) is 9.78 Å². The van der Waals surface area contributed by atoms with Crippen LogP contribution in [0, 0.1) is 0 Å². The summed E-state index contributed by atoms with van der Waals surface area (Å²) in [6.45, 7) is 3.81. The summed E-state index contributed by atoms with van der Waals surface area (Å²) in [4.78, 5) is 0. The molecule has 0 bridgehead atoms. The van der Waals surface area contributed by atoms with Crippen molar-refractivity contribution in [2.24, 2.45) is 0 Å². The molecule has 2 aromatic rings. The first-order valence-electron chi connectivity index (χ1n) is 6.11. The number of aryl methyl sites for hydroxylation is 1. The van der Waals surface area contributed by atoms with Gasteiger partial charge in [0.15, 0.2) is 11.5 Å². The number of benzene rings is 1. The van der Waals surface area contributed by atoms with Crippen LogP contribution in [0.5, 0.6) is 11.5 Å². The predicted octanol–water partition coefficient (Wildman–Crippen LogP) is 2.90. The lowest BCUT2D eigenvalue weighted by Crippen LogP contribution is -2.08. The van der Waals surface area contributed by atoms with Crippen molar-refractivity contribution in [2.45, 2.75) is 20.0 Å². The van der Waals surface area contributed by atoms with E-state index in [9.17, 15) is 0 Å². The zero-order chi connectivity index (χ0) is 13.2. The summed E-state index contributed by atoms with van der Waals surface area (Å²) in [5.74, 6) is 1.41. The van der Waals surface area contributed by atoms with Gasteiger partial charge in [-0.3, -0.25) is 4.68 Å². The molecule has 0 saturated heterocycles. The van der Waals surface area contributed by atoms with Gasteiger partial charge >= 0.3 is 0 Å². The maximum atomic E-state index is 6.20. The van der Waals surface area contributed by atoms with Crippen LogP contribution in [0.15, 0.2) is 24.4 Å². The average molecular weight is 280 g/mol. The molecular formula is C13H14ClN3O2. The normalized spacial score (nSPS) is 12.7. The maximum absolute atomic E-state index is 6.20. The number of nitrogens with one attached hydrogen (secondary N) is 1. The van der Waals surface area contributed by atoms with Crippen LogP contribution in [0.4, 0.5) is 5.69 Å². The molecule has 1 aromatic heterocycles. The Morgan fingerprint density at radius 2 is 2.16 bits per heavy atom. The molecule has 5 nitrogen and oxygen atoms in total. The Labute approximate surface area is 116 Å². The molecule has 0 atom stereocenters. The van der Waals surface area contributed by atoms with E-state index in [0.29, 0.717) is 17.3 Å². The molecule has 0 amide bonds. The highest BCUT2D eigenvalue weighted by molar-refractivity contribution is 6.33. The lowest BCUT2D eigenvalue weighted by atomic mass is 10.2. The molecular weight excluding hydrogens is 266 g/mol. The van der Waals surface area contributed by atoms with E-state index in [4.69, 9.17) is 21.1 Å². The molecule has 1 aromatic carbocycles. The highest BCUT2D eigenvalue weighted by Crippen LogP contribution is 2.39. The molecule has 0 unspecified atom stereocenters. The van der Waals surface area contributed by atoms with E-state index in [1.165, 1.54) is 0 Å². The first-order valence-corrected chi connectivity index (χ1v) is 6.49. The van der Waals surface area contributed by atoms with E-state index >= 15 is 0 Å². The molecule has 0 fully saturated rings. The van der Waals surface area contributed by atoms with Crippen LogP contribution >= 0.6 is 11.6 Å². The number of nitrogens with zero attached hydrogens (tertiary/aromatic N) is 2. The summed E-state index contributed by atoms with van der Waals surface area (Å²) < 4.78 is 12.5. The van der Waals surface area contributed by atoms with E-state index in [2.05, 4.69) is 17.3 Å². The number of aromatic nitrogens is 2. The van der Waals surface area contributed by atoms with Crippen molar-refractivity contribution in [1.29, 1.82) is 0 Å². The van der Waals surface area contributed by atoms with Crippen LogP contribution < -0.4 is 14.8 Å². The Hall–Kier alpha value is -1.88. The molecule has 3 rings (SSSR count). The minimum atomic E-state index is 0.248. The minimum Gasteiger partial charge on any atom is -0.454 e. The standard InChI is InChI=1S/C13H14ClN3O2/c1-2-17-9(3-4-16-17)7-15-11-6-13-12(5-10(11)14)18-8-19-13/h3-6,15H,2,7-8H2,1H3. The highest BCUT2D eigenvalue weighted by atomic mass is 35.5. The first-order chi connectivity index (χ1) is 9.28. The average Bonchev–Trinajstić information content (AvgIpc) is 3.03. The van der Waals surface area contributed by atoms with Crippen molar-refractivity contribution in [3.63, 3.8) is 0 Å². The van der Waals surface area contributed by atoms with Gasteiger partial charge in [0.1, 0.15) is 0 Å².